The first kappa shape index (κ1) is 31.4. The number of hydrogen-bond acceptors (Lipinski definition) is 4. The fourth-order valence-corrected chi connectivity index (χ4v) is 5.22. The molecule has 1 aliphatic rings. The zero-order chi connectivity index (χ0) is 30.2. The molecule has 0 radical (unpaired) electrons. The average molecular weight is 550 g/mol. The van der Waals surface area contributed by atoms with Crippen LogP contribution >= 0.6 is 0 Å². The highest BCUT2D eigenvalue weighted by atomic mass is 16.5. The third-order valence-electron chi connectivity index (χ3n) is 6.91. The summed E-state index contributed by atoms with van der Waals surface area (Å²) in [5.74, 6) is 1.58. The van der Waals surface area contributed by atoms with Crippen molar-refractivity contribution in [3.05, 3.63) is 111 Å². The minimum Gasteiger partial charge on any atom is -0.487 e. The Hall–Kier alpha value is -4.17. The monoisotopic (exact) mass is 549 g/mol. The third kappa shape index (κ3) is 6.95. The lowest BCUT2D eigenvalue weighted by atomic mass is 9.97. The Labute approximate surface area is 245 Å². The molecule has 5 heteroatoms. The maximum absolute atomic E-state index is 13.9. The molecular formula is C36H43N3O2. The Morgan fingerprint density at radius 1 is 1.00 bits per heavy atom. The first-order chi connectivity index (χ1) is 19.8. The summed E-state index contributed by atoms with van der Waals surface area (Å²) in [5.41, 5.74) is 6.85. The van der Waals surface area contributed by atoms with Crippen molar-refractivity contribution < 1.29 is 4.74 Å². The van der Waals surface area contributed by atoms with E-state index in [4.69, 9.17) is 9.72 Å². The van der Waals surface area contributed by atoms with Crippen molar-refractivity contribution in [1.82, 2.24) is 9.55 Å². The van der Waals surface area contributed by atoms with Gasteiger partial charge < -0.3 is 4.74 Å². The van der Waals surface area contributed by atoms with E-state index in [9.17, 15) is 10.1 Å². The largest absolute Gasteiger partial charge is 0.487 e. The lowest BCUT2D eigenvalue weighted by molar-refractivity contribution is 0.138. The van der Waals surface area contributed by atoms with Crippen molar-refractivity contribution in [2.45, 2.75) is 86.7 Å². The highest BCUT2D eigenvalue weighted by Gasteiger charge is 2.30. The van der Waals surface area contributed by atoms with Crippen LogP contribution in [0.4, 0.5) is 0 Å². The van der Waals surface area contributed by atoms with Crippen LogP contribution < -0.4 is 10.3 Å². The summed E-state index contributed by atoms with van der Waals surface area (Å²) in [6.07, 6.45) is 2.98. The van der Waals surface area contributed by atoms with Gasteiger partial charge in [-0.15, -0.1) is 0 Å². The number of nitriles is 1. The van der Waals surface area contributed by atoms with E-state index >= 15 is 0 Å². The molecule has 5 rings (SSSR count). The second-order valence-corrected chi connectivity index (χ2v) is 10.3. The number of aryl methyl sites for hydroxylation is 2. The predicted octanol–water partition coefficient (Wildman–Crippen LogP) is 8.39. The first-order valence-electron chi connectivity index (χ1n) is 14.8. The van der Waals surface area contributed by atoms with Crippen LogP contribution in [0.3, 0.4) is 0 Å². The van der Waals surface area contributed by atoms with E-state index in [1.807, 2.05) is 95.3 Å². The topological polar surface area (TPSA) is 67.9 Å². The van der Waals surface area contributed by atoms with Crippen LogP contribution in [0.25, 0.3) is 16.8 Å². The van der Waals surface area contributed by atoms with Crippen molar-refractivity contribution in [2.24, 2.45) is 0 Å². The summed E-state index contributed by atoms with van der Waals surface area (Å²) in [7, 11) is 0. The molecule has 0 unspecified atom stereocenters. The van der Waals surface area contributed by atoms with Gasteiger partial charge in [-0.25, -0.2) is 4.98 Å². The summed E-state index contributed by atoms with van der Waals surface area (Å²) in [6.45, 7) is 16.2. The molecule has 1 aliphatic heterocycles. The molecule has 5 nitrogen and oxygen atoms in total. The molecule has 214 valence electrons. The van der Waals surface area contributed by atoms with Crippen LogP contribution in [-0.2, 0) is 19.3 Å². The molecular weight excluding hydrogens is 506 g/mol. The van der Waals surface area contributed by atoms with Crippen molar-refractivity contribution in [3.63, 3.8) is 0 Å². The van der Waals surface area contributed by atoms with Crippen LogP contribution in [0.15, 0.2) is 71.5 Å². The first-order valence-corrected chi connectivity index (χ1v) is 14.8. The lowest BCUT2D eigenvalue weighted by Crippen LogP contribution is -2.28. The smallest absolute Gasteiger partial charge is 0.261 e. The standard InChI is InChI=1S/C32H31N3O2.2C2H6/c1-5-8-29-28(17-22-11-13-23(14-12-22)27-10-7-6-9-24(27)20-33)31(36)35(21(2)34-29)26-15-16-30-25(18-26)19-32(3,4)37-30;2*1-2/h6-7,9-16,18H,5,8,17,19H2,1-4H3;2*1-2H3. The summed E-state index contributed by atoms with van der Waals surface area (Å²) in [6, 6.07) is 23.9. The minimum atomic E-state index is -0.241. The Bertz CT molecular complexity index is 1570. The second kappa shape index (κ2) is 13.9. The molecule has 3 aromatic carbocycles. The molecule has 2 heterocycles. The Morgan fingerprint density at radius 2 is 1.68 bits per heavy atom. The van der Waals surface area contributed by atoms with Gasteiger partial charge in [-0.1, -0.05) is 83.5 Å². The molecule has 0 amide bonds. The van der Waals surface area contributed by atoms with Gasteiger partial charge in [-0.2, -0.15) is 5.26 Å². The minimum absolute atomic E-state index is 0.0204. The quantitative estimate of drug-likeness (QED) is 0.242. The summed E-state index contributed by atoms with van der Waals surface area (Å²) in [4.78, 5) is 18.8. The molecule has 0 fully saturated rings. The van der Waals surface area contributed by atoms with E-state index < -0.39 is 0 Å². The fourth-order valence-electron chi connectivity index (χ4n) is 5.22. The number of nitrogens with zero attached hydrogens (tertiary/aromatic N) is 3. The Balaban J connectivity index is 0.00000111. The van der Waals surface area contributed by atoms with Gasteiger partial charge in [0.1, 0.15) is 17.2 Å². The van der Waals surface area contributed by atoms with Gasteiger partial charge in [-0.3, -0.25) is 9.36 Å². The SMILES string of the molecule is CC.CC.CCCc1nc(C)n(-c2ccc3c(c2)CC(C)(C)O3)c(=O)c1Cc1ccc(-c2ccccc2C#N)cc1. The van der Waals surface area contributed by atoms with E-state index in [1.54, 1.807) is 4.57 Å². The fraction of sp³-hybridized carbons (Fsp3) is 0.361. The average Bonchev–Trinajstić information content (AvgIpc) is 3.30. The summed E-state index contributed by atoms with van der Waals surface area (Å²) >= 11 is 0. The molecule has 4 aromatic rings. The van der Waals surface area contributed by atoms with E-state index in [0.717, 1.165) is 64.2 Å². The normalized spacial score (nSPS) is 12.6. The Kier molecular flexibility index (Phi) is 10.7. The van der Waals surface area contributed by atoms with Crippen LogP contribution in [-0.4, -0.2) is 15.2 Å². The molecule has 41 heavy (non-hydrogen) atoms. The summed E-state index contributed by atoms with van der Waals surface area (Å²) < 4.78 is 7.77. The van der Waals surface area contributed by atoms with Crippen LogP contribution in [0.1, 0.15) is 88.7 Å². The Morgan fingerprint density at radius 3 is 2.34 bits per heavy atom. The maximum Gasteiger partial charge on any atom is 0.261 e. The highest BCUT2D eigenvalue weighted by Crippen LogP contribution is 2.36. The molecule has 0 bridgehead atoms. The lowest BCUT2D eigenvalue weighted by Gasteiger charge is -2.16. The molecule has 1 aromatic heterocycles. The maximum atomic E-state index is 13.9. The van der Waals surface area contributed by atoms with E-state index in [-0.39, 0.29) is 11.2 Å². The van der Waals surface area contributed by atoms with E-state index in [0.29, 0.717) is 17.8 Å². The van der Waals surface area contributed by atoms with Crippen LogP contribution in [0.5, 0.6) is 5.75 Å². The molecule has 0 atom stereocenters. The van der Waals surface area contributed by atoms with Crippen molar-refractivity contribution in [2.75, 3.05) is 0 Å². The van der Waals surface area contributed by atoms with Gasteiger partial charge in [0.05, 0.1) is 23.0 Å². The number of fused-ring (bicyclic) bond motifs is 1. The number of rotatable bonds is 6. The summed E-state index contributed by atoms with van der Waals surface area (Å²) in [5, 5.41) is 9.46. The van der Waals surface area contributed by atoms with Gasteiger partial charge in [0.15, 0.2) is 0 Å². The number of benzene rings is 3. The third-order valence-corrected chi connectivity index (χ3v) is 6.91. The molecule has 0 saturated carbocycles. The molecule has 0 saturated heterocycles. The second-order valence-electron chi connectivity index (χ2n) is 10.3. The molecule has 0 aliphatic carbocycles. The van der Waals surface area contributed by atoms with Gasteiger partial charge in [-0.05, 0) is 68.1 Å². The number of aromatic nitrogens is 2. The van der Waals surface area contributed by atoms with Crippen molar-refractivity contribution in [3.8, 4) is 28.6 Å². The van der Waals surface area contributed by atoms with Crippen molar-refractivity contribution >= 4 is 0 Å². The predicted molar refractivity (Wildman–Crippen MR) is 169 cm³/mol. The van der Waals surface area contributed by atoms with Gasteiger partial charge in [0.2, 0.25) is 0 Å². The zero-order valence-electron chi connectivity index (χ0n) is 25.8. The van der Waals surface area contributed by atoms with Crippen LogP contribution in [0.2, 0.25) is 0 Å². The van der Waals surface area contributed by atoms with Gasteiger partial charge in [0, 0.05) is 24.0 Å². The van der Waals surface area contributed by atoms with E-state index in [2.05, 4.69) is 32.9 Å². The van der Waals surface area contributed by atoms with E-state index in [1.165, 1.54) is 0 Å². The molecule has 0 N–H and O–H groups in total. The van der Waals surface area contributed by atoms with Crippen molar-refractivity contribution in [1.29, 1.82) is 5.26 Å². The highest BCUT2D eigenvalue weighted by molar-refractivity contribution is 5.70. The molecule has 0 spiro atoms. The number of ether oxygens (including phenoxy) is 1. The number of hydrogen-bond donors (Lipinski definition) is 0. The van der Waals surface area contributed by atoms with Gasteiger partial charge in [0.25, 0.3) is 5.56 Å². The van der Waals surface area contributed by atoms with Gasteiger partial charge >= 0.3 is 0 Å². The van der Waals surface area contributed by atoms with Crippen LogP contribution in [0, 0.1) is 18.3 Å². The zero-order valence-corrected chi connectivity index (χ0v) is 25.8.